The summed E-state index contributed by atoms with van der Waals surface area (Å²) in [6.45, 7) is 6.01. The van der Waals surface area contributed by atoms with Gasteiger partial charge in [-0.05, 0) is 45.4 Å². The monoisotopic (exact) mass is 338 g/mol. The normalized spacial score (nSPS) is 17.8. The summed E-state index contributed by atoms with van der Waals surface area (Å²) in [5.41, 5.74) is 0.564. The first-order valence-electron chi connectivity index (χ1n) is 8.01. The molecule has 2 heterocycles. The van der Waals surface area contributed by atoms with Crippen molar-refractivity contribution in [1.82, 2.24) is 20.3 Å². The zero-order valence-corrected chi connectivity index (χ0v) is 14.3. The van der Waals surface area contributed by atoms with E-state index in [9.17, 15) is 14.4 Å². The second-order valence-electron chi connectivity index (χ2n) is 7.04. The average molecular weight is 338 g/mol. The Bertz CT molecular complexity index is 989. The fourth-order valence-electron chi connectivity index (χ4n) is 2.51. The van der Waals surface area contributed by atoms with Crippen LogP contribution in [0.1, 0.15) is 45.2 Å². The fraction of sp³-hybridized carbons (Fsp3) is 0.389. The molecule has 0 aliphatic carbocycles. The Hall–Kier alpha value is -3.01. The maximum absolute atomic E-state index is 12.8. The highest BCUT2D eigenvalue weighted by Gasteiger charge is 2.30. The molecule has 1 unspecified atom stereocenters. The van der Waals surface area contributed by atoms with Crippen LogP contribution in [0.3, 0.4) is 0 Å². The first-order chi connectivity index (χ1) is 11.7. The molecule has 2 aromatic rings. The second-order valence-corrected chi connectivity index (χ2v) is 7.04. The number of aromatic nitrogens is 3. The molecule has 25 heavy (non-hydrogen) atoms. The number of carbonyl (C=O) groups excluding carboxylic acids is 2. The predicted molar refractivity (Wildman–Crippen MR) is 91.6 cm³/mol. The Labute approximate surface area is 144 Å². The summed E-state index contributed by atoms with van der Waals surface area (Å²) in [5.74, 6) is 5.29. The van der Waals surface area contributed by atoms with Gasteiger partial charge in [-0.3, -0.25) is 19.7 Å². The first kappa shape index (κ1) is 16.8. The quantitative estimate of drug-likeness (QED) is 0.622. The van der Waals surface area contributed by atoms with E-state index in [2.05, 4.69) is 27.5 Å². The van der Waals surface area contributed by atoms with Gasteiger partial charge in [-0.1, -0.05) is 17.1 Å². The third-order valence-corrected chi connectivity index (χ3v) is 3.77. The van der Waals surface area contributed by atoms with Crippen LogP contribution >= 0.6 is 0 Å². The van der Waals surface area contributed by atoms with Crippen LogP contribution in [0.15, 0.2) is 23.0 Å². The minimum Gasteiger partial charge on any atom is -0.295 e. The third kappa shape index (κ3) is 3.58. The summed E-state index contributed by atoms with van der Waals surface area (Å²) in [6.07, 6.45) is 0.397. The molecule has 3 rings (SSSR count). The van der Waals surface area contributed by atoms with Crippen molar-refractivity contribution in [1.29, 1.82) is 0 Å². The second kappa shape index (κ2) is 6.13. The topological polar surface area (TPSA) is 93.9 Å². The van der Waals surface area contributed by atoms with Crippen molar-refractivity contribution < 1.29 is 9.59 Å². The van der Waals surface area contributed by atoms with E-state index in [1.165, 1.54) is 0 Å². The van der Waals surface area contributed by atoms with Crippen molar-refractivity contribution in [2.75, 3.05) is 0 Å². The molecule has 1 fully saturated rings. The Morgan fingerprint density at radius 1 is 1.24 bits per heavy atom. The number of fused-ring (bicyclic) bond motifs is 1. The zero-order chi connectivity index (χ0) is 18.2. The summed E-state index contributed by atoms with van der Waals surface area (Å²) in [6, 6.07) is 4.30. The molecule has 1 aromatic carbocycles. The average Bonchev–Trinajstić information content (AvgIpc) is 2.54. The van der Waals surface area contributed by atoms with E-state index in [1.54, 1.807) is 18.2 Å². The molecule has 1 aliphatic heterocycles. The lowest BCUT2D eigenvalue weighted by molar-refractivity contribution is -0.136. The van der Waals surface area contributed by atoms with E-state index < -0.39 is 17.5 Å². The van der Waals surface area contributed by atoms with Crippen LogP contribution in [-0.2, 0) is 9.59 Å². The first-order valence-corrected chi connectivity index (χ1v) is 8.01. The molecule has 7 nitrogen and oxygen atoms in total. The minimum absolute atomic E-state index is 0.154. The summed E-state index contributed by atoms with van der Waals surface area (Å²) < 4.78 is 1.05. The predicted octanol–water partition coefficient (Wildman–Crippen LogP) is 1.17. The molecule has 7 heteroatoms. The molecule has 1 N–H and O–H groups in total. The molecule has 0 spiro atoms. The maximum Gasteiger partial charge on any atom is 0.278 e. The lowest BCUT2D eigenvalue weighted by Gasteiger charge is -2.21. The lowest BCUT2D eigenvalue weighted by atomic mass is 9.97. The van der Waals surface area contributed by atoms with Gasteiger partial charge >= 0.3 is 0 Å². The van der Waals surface area contributed by atoms with Crippen LogP contribution in [0, 0.1) is 17.3 Å². The summed E-state index contributed by atoms with van der Waals surface area (Å²) >= 11 is 0. The number of imide groups is 1. The Morgan fingerprint density at radius 2 is 2.00 bits per heavy atom. The molecule has 0 radical (unpaired) electrons. The smallest absolute Gasteiger partial charge is 0.278 e. The number of rotatable bonds is 1. The van der Waals surface area contributed by atoms with Gasteiger partial charge in [0.05, 0.1) is 5.39 Å². The van der Waals surface area contributed by atoms with E-state index in [-0.39, 0.29) is 24.2 Å². The number of nitrogens with one attached hydrogen (secondary N) is 1. The van der Waals surface area contributed by atoms with E-state index in [0.29, 0.717) is 16.5 Å². The molecule has 1 aliphatic rings. The fourth-order valence-corrected chi connectivity index (χ4v) is 2.51. The Kier molecular flexibility index (Phi) is 4.13. The number of nitrogens with zero attached hydrogens (tertiary/aromatic N) is 3. The highest BCUT2D eigenvalue weighted by Crippen LogP contribution is 2.17. The van der Waals surface area contributed by atoms with Crippen LogP contribution in [0.4, 0.5) is 0 Å². The maximum atomic E-state index is 12.8. The van der Waals surface area contributed by atoms with Gasteiger partial charge in [-0.25, -0.2) is 0 Å². The molecule has 128 valence electrons. The lowest BCUT2D eigenvalue weighted by Crippen LogP contribution is -2.45. The molecular formula is C18H18N4O3. The molecule has 0 bridgehead atoms. The molecule has 1 atom stereocenters. The number of carbonyl (C=O) groups is 2. The van der Waals surface area contributed by atoms with Gasteiger partial charge in [0.15, 0.2) is 0 Å². The van der Waals surface area contributed by atoms with Gasteiger partial charge in [0, 0.05) is 17.4 Å². The number of amides is 2. The van der Waals surface area contributed by atoms with Crippen molar-refractivity contribution in [3.63, 3.8) is 0 Å². The van der Waals surface area contributed by atoms with Crippen molar-refractivity contribution in [3.8, 4) is 11.8 Å². The standard InChI is InChI=1S/C18H18N4O3/c1-18(2,3)9-8-11-4-5-13-12(10-11)17(25)22(21-20-13)14-6-7-15(23)19-16(14)24/h4-5,10,14H,6-7H2,1-3H3,(H,19,23,24). The molecule has 1 aromatic heterocycles. The number of piperidine rings is 1. The van der Waals surface area contributed by atoms with E-state index in [4.69, 9.17) is 0 Å². The highest BCUT2D eigenvalue weighted by molar-refractivity contribution is 5.99. The molecule has 0 saturated carbocycles. The number of hydrogen-bond acceptors (Lipinski definition) is 5. The van der Waals surface area contributed by atoms with Crippen LogP contribution in [-0.4, -0.2) is 26.8 Å². The molecule has 1 saturated heterocycles. The van der Waals surface area contributed by atoms with E-state index in [0.717, 1.165) is 4.68 Å². The van der Waals surface area contributed by atoms with Gasteiger partial charge in [0.1, 0.15) is 11.6 Å². The third-order valence-electron chi connectivity index (χ3n) is 3.77. The minimum atomic E-state index is -0.827. The highest BCUT2D eigenvalue weighted by atomic mass is 16.2. The Morgan fingerprint density at radius 3 is 2.68 bits per heavy atom. The van der Waals surface area contributed by atoms with Crippen LogP contribution in [0.25, 0.3) is 10.9 Å². The molecular weight excluding hydrogens is 320 g/mol. The summed E-state index contributed by atoms with van der Waals surface area (Å²) in [7, 11) is 0. The summed E-state index contributed by atoms with van der Waals surface area (Å²) in [4.78, 5) is 36.0. The Balaban J connectivity index is 2.06. The van der Waals surface area contributed by atoms with E-state index >= 15 is 0 Å². The van der Waals surface area contributed by atoms with Gasteiger partial charge < -0.3 is 0 Å². The number of benzene rings is 1. The van der Waals surface area contributed by atoms with Crippen LogP contribution in [0.5, 0.6) is 0 Å². The van der Waals surface area contributed by atoms with E-state index in [1.807, 2.05) is 20.8 Å². The van der Waals surface area contributed by atoms with Crippen molar-refractivity contribution in [2.45, 2.75) is 39.7 Å². The van der Waals surface area contributed by atoms with Crippen molar-refractivity contribution in [3.05, 3.63) is 34.1 Å². The van der Waals surface area contributed by atoms with Crippen LogP contribution < -0.4 is 10.9 Å². The van der Waals surface area contributed by atoms with Gasteiger partial charge in [-0.2, -0.15) is 4.68 Å². The summed E-state index contributed by atoms with van der Waals surface area (Å²) in [5, 5.41) is 10.5. The SMILES string of the molecule is CC(C)(C)C#Cc1ccc2nnn(C3CCC(=O)NC3=O)c(=O)c2c1. The van der Waals surface area contributed by atoms with Gasteiger partial charge in [0.2, 0.25) is 5.91 Å². The number of hydrogen-bond donors (Lipinski definition) is 1. The van der Waals surface area contributed by atoms with Crippen molar-refractivity contribution in [2.24, 2.45) is 5.41 Å². The van der Waals surface area contributed by atoms with Gasteiger partial charge in [0.25, 0.3) is 11.5 Å². The van der Waals surface area contributed by atoms with Crippen molar-refractivity contribution >= 4 is 22.7 Å². The zero-order valence-electron chi connectivity index (χ0n) is 14.3. The largest absolute Gasteiger partial charge is 0.295 e. The van der Waals surface area contributed by atoms with Crippen LogP contribution in [0.2, 0.25) is 0 Å². The van der Waals surface area contributed by atoms with Gasteiger partial charge in [-0.15, -0.1) is 5.10 Å². The molecule has 2 amide bonds.